The van der Waals surface area contributed by atoms with Crippen molar-refractivity contribution in [3.8, 4) is 11.5 Å². The third-order valence-electron chi connectivity index (χ3n) is 3.71. The van der Waals surface area contributed by atoms with Gasteiger partial charge in [0.05, 0.1) is 6.61 Å². The zero-order valence-corrected chi connectivity index (χ0v) is 15.8. The highest BCUT2D eigenvalue weighted by Gasteiger charge is 2.12. The minimum atomic E-state index is -0.595. The lowest BCUT2D eigenvalue weighted by Crippen LogP contribution is -2.18. The van der Waals surface area contributed by atoms with Gasteiger partial charge in [0.15, 0.2) is 0 Å². The zero-order chi connectivity index (χ0) is 20.5. The van der Waals surface area contributed by atoms with Crippen molar-refractivity contribution >= 4 is 18.2 Å². The van der Waals surface area contributed by atoms with Gasteiger partial charge in [-0.05, 0) is 43.7 Å². The highest BCUT2D eigenvalue weighted by atomic mass is 16.5. The molecule has 4 N–H and O–H groups in total. The average Bonchev–Trinajstić information content (AvgIpc) is 2.87. The first-order valence-corrected chi connectivity index (χ1v) is 8.57. The van der Waals surface area contributed by atoms with E-state index in [4.69, 9.17) is 25.7 Å². The Bertz CT molecular complexity index is 855. The third kappa shape index (κ3) is 6.10. The first-order valence-electron chi connectivity index (χ1n) is 8.57. The first kappa shape index (κ1) is 20.9. The number of carbonyl (C=O) groups excluding carboxylic acids is 2. The Balaban J connectivity index is 2.21. The molecule has 0 aliphatic heterocycles. The Morgan fingerprint density at radius 3 is 2.64 bits per heavy atom. The summed E-state index contributed by atoms with van der Waals surface area (Å²) in [4.78, 5) is 25.6. The number of ether oxygens (including phenoxy) is 3. The molecule has 1 aliphatic carbocycles. The van der Waals surface area contributed by atoms with E-state index in [1.165, 1.54) is 6.07 Å². The Morgan fingerprint density at radius 2 is 1.96 bits per heavy atom. The lowest BCUT2D eigenvalue weighted by Gasteiger charge is -2.16. The molecule has 1 aliphatic rings. The fraction of sp³-hybridized carbons (Fsp3) is 0.250. The van der Waals surface area contributed by atoms with E-state index in [9.17, 15) is 9.59 Å². The molecule has 0 saturated carbocycles. The average molecular weight is 385 g/mol. The molecular formula is C20H23N3O5. The van der Waals surface area contributed by atoms with E-state index in [2.05, 4.69) is 4.99 Å². The molecule has 0 saturated heterocycles. The summed E-state index contributed by atoms with van der Waals surface area (Å²) in [5.74, 6) is 0.893. The molecule has 1 aromatic carbocycles. The van der Waals surface area contributed by atoms with Crippen LogP contribution in [0.2, 0.25) is 0 Å². The standard InChI is InChI=1S/C20H23N3O5/c1-13(11-26-2)27-17-8-15(20(22)25)9-18(10-17)28-16-5-3-4-14(6-7-16)19(21)23-12-24/h4-10,12-13H,3,11H2,1-2H3,(H2,22,25)(H2,21,23,24). The van der Waals surface area contributed by atoms with E-state index in [1.54, 1.807) is 31.4 Å². The molecule has 1 atom stereocenters. The van der Waals surface area contributed by atoms with E-state index in [0.717, 1.165) is 0 Å². The van der Waals surface area contributed by atoms with Crippen LogP contribution in [-0.4, -0.2) is 38.0 Å². The maximum atomic E-state index is 11.6. The predicted molar refractivity (Wildman–Crippen MR) is 105 cm³/mol. The second kappa shape index (κ2) is 10.1. The van der Waals surface area contributed by atoms with Crippen LogP contribution in [0.1, 0.15) is 23.7 Å². The molecule has 0 radical (unpaired) electrons. The topological polar surface area (TPSA) is 126 Å². The van der Waals surface area contributed by atoms with Crippen molar-refractivity contribution in [3.05, 3.63) is 59.4 Å². The van der Waals surface area contributed by atoms with Gasteiger partial charge in [-0.1, -0.05) is 6.08 Å². The maximum absolute atomic E-state index is 11.6. The normalized spacial score (nSPS) is 15.1. The van der Waals surface area contributed by atoms with Crippen molar-refractivity contribution in [2.45, 2.75) is 19.4 Å². The number of amides is 2. The molecule has 28 heavy (non-hydrogen) atoms. The molecule has 8 heteroatoms. The number of benzene rings is 1. The van der Waals surface area contributed by atoms with Crippen LogP contribution in [0.4, 0.5) is 0 Å². The van der Waals surface area contributed by atoms with Crippen molar-refractivity contribution in [1.29, 1.82) is 0 Å². The number of aliphatic imine (C=N–C) groups is 1. The molecule has 8 nitrogen and oxygen atoms in total. The van der Waals surface area contributed by atoms with Crippen molar-refractivity contribution in [1.82, 2.24) is 0 Å². The van der Waals surface area contributed by atoms with Gasteiger partial charge in [0, 0.05) is 24.3 Å². The van der Waals surface area contributed by atoms with Gasteiger partial charge in [-0.15, -0.1) is 0 Å². The van der Waals surface area contributed by atoms with E-state index >= 15 is 0 Å². The highest BCUT2D eigenvalue weighted by Crippen LogP contribution is 2.26. The Labute approximate surface area is 163 Å². The van der Waals surface area contributed by atoms with E-state index in [0.29, 0.717) is 42.3 Å². The number of amidine groups is 1. The van der Waals surface area contributed by atoms with Crippen molar-refractivity contribution in [3.63, 3.8) is 0 Å². The summed E-state index contributed by atoms with van der Waals surface area (Å²) < 4.78 is 16.7. The summed E-state index contributed by atoms with van der Waals surface area (Å²) in [5, 5.41) is 0. The second-order valence-corrected chi connectivity index (χ2v) is 6.00. The largest absolute Gasteiger partial charge is 0.488 e. The van der Waals surface area contributed by atoms with Gasteiger partial charge in [0.1, 0.15) is 29.2 Å². The van der Waals surface area contributed by atoms with Crippen LogP contribution >= 0.6 is 0 Å². The molecule has 0 bridgehead atoms. The van der Waals surface area contributed by atoms with Gasteiger partial charge in [0.2, 0.25) is 12.3 Å². The summed E-state index contributed by atoms with van der Waals surface area (Å²) >= 11 is 0. The first-order chi connectivity index (χ1) is 13.4. The molecule has 2 amide bonds. The molecule has 0 spiro atoms. The minimum absolute atomic E-state index is 0.124. The van der Waals surface area contributed by atoms with Gasteiger partial charge in [-0.25, -0.2) is 0 Å². The number of hydrogen-bond acceptors (Lipinski definition) is 5. The second-order valence-electron chi connectivity index (χ2n) is 6.00. The maximum Gasteiger partial charge on any atom is 0.248 e. The molecule has 0 aromatic heterocycles. The number of carbonyl (C=O) groups is 2. The zero-order valence-electron chi connectivity index (χ0n) is 15.8. The third-order valence-corrected chi connectivity index (χ3v) is 3.71. The highest BCUT2D eigenvalue weighted by molar-refractivity contribution is 6.02. The quantitative estimate of drug-likeness (QED) is 0.380. The number of nitrogens with two attached hydrogens (primary N) is 2. The van der Waals surface area contributed by atoms with Crippen LogP contribution in [0.15, 0.2) is 58.8 Å². The lowest BCUT2D eigenvalue weighted by atomic mass is 10.2. The smallest absolute Gasteiger partial charge is 0.248 e. The Kier molecular flexibility index (Phi) is 7.53. The van der Waals surface area contributed by atoms with Gasteiger partial charge in [-0.3, -0.25) is 9.59 Å². The number of hydrogen-bond donors (Lipinski definition) is 2. The van der Waals surface area contributed by atoms with Gasteiger partial charge < -0.3 is 25.7 Å². The molecule has 0 heterocycles. The van der Waals surface area contributed by atoms with Crippen LogP contribution in [0, 0.1) is 0 Å². The molecule has 1 unspecified atom stereocenters. The van der Waals surface area contributed by atoms with Crippen molar-refractivity contribution in [2.24, 2.45) is 16.5 Å². The van der Waals surface area contributed by atoms with Crippen LogP contribution in [0.5, 0.6) is 11.5 Å². The predicted octanol–water partition coefficient (Wildman–Crippen LogP) is 1.86. The monoisotopic (exact) mass is 385 g/mol. The van der Waals surface area contributed by atoms with E-state index in [-0.39, 0.29) is 17.5 Å². The van der Waals surface area contributed by atoms with Crippen molar-refractivity contribution < 1.29 is 23.8 Å². The molecule has 2 rings (SSSR count). The fourth-order valence-electron chi connectivity index (χ4n) is 2.49. The SMILES string of the molecule is COCC(C)Oc1cc(OC2=CCC=C(C(N)=NC=O)C=C2)cc(C(N)=O)c1. The van der Waals surface area contributed by atoms with Gasteiger partial charge in [-0.2, -0.15) is 4.99 Å². The summed E-state index contributed by atoms with van der Waals surface area (Å²) in [6.07, 6.45) is 7.72. The number of allylic oxidation sites excluding steroid dienone is 3. The summed E-state index contributed by atoms with van der Waals surface area (Å²) in [6.45, 7) is 2.24. The number of methoxy groups -OCH3 is 1. The van der Waals surface area contributed by atoms with E-state index in [1.807, 2.05) is 19.1 Å². The molecule has 1 aromatic rings. The minimum Gasteiger partial charge on any atom is -0.488 e. The van der Waals surface area contributed by atoms with E-state index < -0.39 is 5.91 Å². The Hall–Kier alpha value is -3.39. The summed E-state index contributed by atoms with van der Waals surface area (Å²) in [6, 6.07) is 4.75. The number of primary amides is 1. The lowest BCUT2D eigenvalue weighted by molar-refractivity contribution is -0.106. The summed E-state index contributed by atoms with van der Waals surface area (Å²) in [7, 11) is 1.58. The van der Waals surface area contributed by atoms with Crippen molar-refractivity contribution in [2.75, 3.05) is 13.7 Å². The van der Waals surface area contributed by atoms with Crippen LogP contribution in [0.3, 0.4) is 0 Å². The molecule has 0 fully saturated rings. The Morgan fingerprint density at radius 1 is 1.21 bits per heavy atom. The summed E-state index contributed by atoms with van der Waals surface area (Å²) in [5.41, 5.74) is 12.0. The molecule has 148 valence electrons. The van der Waals surface area contributed by atoms with Crippen LogP contribution in [0.25, 0.3) is 0 Å². The van der Waals surface area contributed by atoms with Gasteiger partial charge in [0.25, 0.3) is 0 Å². The molecular weight excluding hydrogens is 362 g/mol. The number of nitrogens with zero attached hydrogens (tertiary/aromatic N) is 1. The van der Waals surface area contributed by atoms with Crippen LogP contribution in [-0.2, 0) is 9.53 Å². The number of rotatable bonds is 9. The van der Waals surface area contributed by atoms with Gasteiger partial charge >= 0.3 is 0 Å². The van der Waals surface area contributed by atoms with Crippen LogP contribution < -0.4 is 20.9 Å². The fourth-order valence-corrected chi connectivity index (χ4v) is 2.49.